The average molecular weight is 299 g/mol. The van der Waals surface area contributed by atoms with Crippen molar-refractivity contribution in [3.05, 3.63) is 0 Å². The molecule has 0 aromatic heterocycles. The van der Waals surface area contributed by atoms with Crippen LogP contribution >= 0.6 is 0 Å². The molecule has 0 bridgehead atoms. The summed E-state index contributed by atoms with van der Waals surface area (Å²) in [6.45, 7) is 5.77. The van der Waals surface area contributed by atoms with Crippen molar-refractivity contribution in [2.24, 2.45) is 5.41 Å². The van der Waals surface area contributed by atoms with Gasteiger partial charge in [-0.2, -0.15) is 0 Å². The molecular weight excluding hydrogens is 270 g/mol. The highest BCUT2D eigenvalue weighted by molar-refractivity contribution is 5.82. The van der Waals surface area contributed by atoms with E-state index in [1.807, 2.05) is 20.8 Å². The number of carbonyl (C=O) groups is 2. The fourth-order valence-electron chi connectivity index (χ4n) is 2.85. The van der Waals surface area contributed by atoms with E-state index in [-0.39, 0.29) is 18.6 Å². The molecule has 0 aromatic rings. The minimum atomic E-state index is -0.874. The van der Waals surface area contributed by atoms with Gasteiger partial charge in [0, 0.05) is 6.54 Å². The Morgan fingerprint density at radius 3 is 2.24 bits per heavy atom. The number of amides is 1. The molecule has 5 heteroatoms. The second-order valence-corrected chi connectivity index (χ2v) is 5.95. The molecule has 1 aliphatic rings. The predicted molar refractivity (Wildman–Crippen MR) is 81.1 cm³/mol. The van der Waals surface area contributed by atoms with Crippen LogP contribution in [0.3, 0.4) is 0 Å². The van der Waals surface area contributed by atoms with Gasteiger partial charge in [-0.3, -0.25) is 9.59 Å². The number of carbonyl (C=O) groups excluding carboxylic acids is 1. The van der Waals surface area contributed by atoms with E-state index in [1.165, 1.54) is 0 Å². The second kappa shape index (κ2) is 8.37. The number of aliphatic carboxylic acids is 1. The largest absolute Gasteiger partial charge is 0.481 e. The van der Waals surface area contributed by atoms with Gasteiger partial charge in [-0.1, -0.05) is 33.6 Å². The summed E-state index contributed by atoms with van der Waals surface area (Å²) in [6.07, 6.45) is 5.70. The lowest BCUT2D eigenvalue weighted by Gasteiger charge is -2.28. The molecule has 1 amide bonds. The summed E-state index contributed by atoms with van der Waals surface area (Å²) in [6, 6.07) is 0. The van der Waals surface area contributed by atoms with E-state index in [2.05, 4.69) is 5.32 Å². The zero-order valence-electron chi connectivity index (χ0n) is 13.5. The molecule has 1 fully saturated rings. The molecule has 0 aromatic carbocycles. The van der Waals surface area contributed by atoms with Crippen LogP contribution in [0.25, 0.3) is 0 Å². The monoisotopic (exact) mass is 299 g/mol. The van der Waals surface area contributed by atoms with Gasteiger partial charge in [0.15, 0.2) is 0 Å². The van der Waals surface area contributed by atoms with Gasteiger partial charge in [0.05, 0.1) is 11.5 Å². The number of carboxylic acids is 1. The molecule has 0 aliphatic heterocycles. The molecule has 0 spiro atoms. The topological polar surface area (TPSA) is 75.6 Å². The van der Waals surface area contributed by atoms with Crippen LogP contribution in [0.15, 0.2) is 0 Å². The number of ether oxygens (including phenoxy) is 1. The van der Waals surface area contributed by atoms with Gasteiger partial charge in [-0.25, -0.2) is 0 Å². The standard InChI is InChI=1S/C16H29NO4/c1-4-13(21-12-9-7-8-10-12)14(18)17-11-16(5-2,6-3)15(19)20/h12-13H,4-11H2,1-3H3,(H,17,18)(H,19,20). The first-order valence-corrected chi connectivity index (χ1v) is 8.15. The van der Waals surface area contributed by atoms with Crippen LogP contribution in [0.5, 0.6) is 0 Å². The van der Waals surface area contributed by atoms with Gasteiger partial charge in [0.25, 0.3) is 0 Å². The van der Waals surface area contributed by atoms with Gasteiger partial charge in [0.1, 0.15) is 6.10 Å². The molecule has 1 atom stereocenters. The van der Waals surface area contributed by atoms with Crippen molar-refractivity contribution in [2.75, 3.05) is 6.54 Å². The molecule has 0 saturated heterocycles. The van der Waals surface area contributed by atoms with Crippen LogP contribution in [0.4, 0.5) is 0 Å². The molecule has 122 valence electrons. The lowest BCUT2D eigenvalue weighted by Crippen LogP contribution is -2.46. The summed E-state index contributed by atoms with van der Waals surface area (Å²) in [5.74, 6) is -1.03. The van der Waals surface area contributed by atoms with Crippen molar-refractivity contribution in [3.63, 3.8) is 0 Å². The Bertz CT molecular complexity index is 346. The number of hydrogen-bond donors (Lipinski definition) is 2. The van der Waals surface area contributed by atoms with E-state index in [4.69, 9.17) is 4.74 Å². The van der Waals surface area contributed by atoms with E-state index in [0.29, 0.717) is 19.3 Å². The predicted octanol–water partition coefficient (Wildman–Crippen LogP) is 2.73. The van der Waals surface area contributed by atoms with Crippen molar-refractivity contribution in [2.45, 2.75) is 77.9 Å². The van der Waals surface area contributed by atoms with Crippen molar-refractivity contribution >= 4 is 11.9 Å². The second-order valence-electron chi connectivity index (χ2n) is 5.95. The number of nitrogens with one attached hydrogen (secondary N) is 1. The highest BCUT2D eigenvalue weighted by Gasteiger charge is 2.36. The third-order valence-electron chi connectivity index (χ3n) is 4.73. The third kappa shape index (κ3) is 4.70. The lowest BCUT2D eigenvalue weighted by atomic mass is 9.82. The normalized spacial score (nSPS) is 17.7. The summed E-state index contributed by atoms with van der Waals surface area (Å²) in [7, 11) is 0. The van der Waals surface area contributed by atoms with Crippen molar-refractivity contribution < 1.29 is 19.4 Å². The molecule has 5 nitrogen and oxygen atoms in total. The first-order valence-electron chi connectivity index (χ1n) is 8.15. The minimum Gasteiger partial charge on any atom is -0.481 e. The molecule has 1 rings (SSSR count). The van der Waals surface area contributed by atoms with Crippen LogP contribution in [-0.4, -0.2) is 35.7 Å². The van der Waals surface area contributed by atoms with Gasteiger partial charge in [-0.05, 0) is 32.1 Å². The first-order chi connectivity index (χ1) is 9.99. The molecule has 1 aliphatic carbocycles. The highest BCUT2D eigenvalue weighted by Crippen LogP contribution is 2.26. The molecule has 1 saturated carbocycles. The van der Waals surface area contributed by atoms with E-state index < -0.39 is 17.5 Å². The molecule has 1 unspecified atom stereocenters. The highest BCUT2D eigenvalue weighted by atomic mass is 16.5. The fourth-order valence-corrected chi connectivity index (χ4v) is 2.85. The maximum atomic E-state index is 12.2. The SMILES string of the molecule is CCC(OC1CCCC1)C(=O)NCC(CC)(CC)C(=O)O. The minimum absolute atomic E-state index is 0.165. The van der Waals surface area contributed by atoms with Gasteiger partial charge >= 0.3 is 5.97 Å². The van der Waals surface area contributed by atoms with Crippen LogP contribution in [0.2, 0.25) is 0 Å². The number of carboxylic acid groups (broad SMARTS) is 1. The van der Waals surface area contributed by atoms with E-state index >= 15 is 0 Å². The molecular formula is C16H29NO4. The average Bonchev–Trinajstić information content (AvgIpc) is 2.98. The van der Waals surface area contributed by atoms with E-state index in [0.717, 1.165) is 25.7 Å². The Kier molecular flexibility index (Phi) is 7.15. The first kappa shape index (κ1) is 18.0. The van der Waals surface area contributed by atoms with E-state index in [1.54, 1.807) is 0 Å². The van der Waals surface area contributed by atoms with Crippen molar-refractivity contribution in [1.29, 1.82) is 0 Å². The fraction of sp³-hybridized carbons (Fsp3) is 0.875. The maximum absolute atomic E-state index is 12.2. The van der Waals surface area contributed by atoms with E-state index in [9.17, 15) is 14.7 Å². The van der Waals surface area contributed by atoms with Crippen molar-refractivity contribution in [1.82, 2.24) is 5.32 Å². The quantitative estimate of drug-likeness (QED) is 0.686. The van der Waals surface area contributed by atoms with Gasteiger partial charge < -0.3 is 15.2 Å². The van der Waals surface area contributed by atoms with Crippen LogP contribution in [0.1, 0.15) is 65.7 Å². The van der Waals surface area contributed by atoms with Gasteiger partial charge in [-0.15, -0.1) is 0 Å². The number of rotatable bonds is 9. The van der Waals surface area contributed by atoms with Crippen LogP contribution in [0, 0.1) is 5.41 Å². The Labute approximate surface area is 127 Å². The summed E-state index contributed by atoms with van der Waals surface area (Å²) in [5.41, 5.74) is -0.874. The zero-order chi connectivity index (χ0) is 15.9. The van der Waals surface area contributed by atoms with Gasteiger partial charge in [0.2, 0.25) is 5.91 Å². The molecule has 2 N–H and O–H groups in total. The zero-order valence-corrected chi connectivity index (χ0v) is 13.5. The van der Waals surface area contributed by atoms with Crippen LogP contribution < -0.4 is 5.32 Å². The van der Waals surface area contributed by atoms with Crippen molar-refractivity contribution in [3.8, 4) is 0 Å². The smallest absolute Gasteiger partial charge is 0.311 e. The summed E-state index contributed by atoms with van der Waals surface area (Å²) >= 11 is 0. The summed E-state index contributed by atoms with van der Waals surface area (Å²) < 4.78 is 5.86. The van der Waals surface area contributed by atoms with Crippen LogP contribution in [-0.2, 0) is 14.3 Å². The Morgan fingerprint density at radius 2 is 1.81 bits per heavy atom. The Morgan fingerprint density at radius 1 is 1.24 bits per heavy atom. The molecule has 0 heterocycles. The molecule has 0 radical (unpaired) electrons. The Balaban J connectivity index is 2.54. The number of hydrogen-bond acceptors (Lipinski definition) is 3. The maximum Gasteiger partial charge on any atom is 0.311 e. The summed E-state index contributed by atoms with van der Waals surface area (Å²) in [4.78, 5) is 23.7. The molecule has 21 heavy (non-hydrogen) atoms. The third-order valence-corrected chi connectivity index (χ3v) is 4.73. The lowest BCUT2D eigenvalue weighted by molar-refractivity contribution is -0.150. The summed E-state index contributed by atoms with van der Waals surface area (Å²) in [5, 5.41) is 12.2. The Hall–Kier alpha value is -1.10.